The van der Waals surface area contributed by atoms with Crippen molar-refractivity contribution in [3.05, 3.63) is 22.4 Å². The van der Waals surface area contributed by atoms with Crippen LogP contribution >= 0.6 is 11.3 Å². The molecule has 0 bridgehead atoms. The van der Waals surface area contributed by atoms with Gasteiger partial charge < -0.3 is 10.2 Å². The summed E-state index contributed by atoms with van der Waals surface area (Å²) in [5.41, 5.74) is -0.584. The van der Waals surface area contributed by atoms with Crippen LogP contribution in [0, 0.1) is 5.92 Å². The van der Waals surface area contributed by atoms with E-state index in [1.54, 1.807) is 11.3 Å². The zero-order valence-corrected chi connectivity index (χ0v) is 11.6. The van der Waals surface area contributed by atoms with Crippen LogP contribution in [0.3, 0.4) is 0 Å². The van der Waals surface area contributed by atoms with E-state index in [0.29, 0.717) is 12.3 Å². The van der Waals surface area contributed by atoms with Crippen molar-refractivity contribution in [3.63, 3.8) is 0 Å². The van der Waals surface area contributed by atoms with Crippen LogP contribution < -0.4 is 5.32 Å². The van der Waals surface area contributed by atoms with Crippen LogP contribution in [-0.4, -0.2) is 29.0 Å². The molecule has 0 aromatic carbocycles. The average molecular weight is 257 g/mol. The second-order valence-corrected chi connectivity index (χ2v) is 5.81. The van der Waals surface area contributed by atoms with E-state index in [2.05, 4.69) is 30.6 Å². The van der Waals surface area contributed by atoms with Crippen LogP contribution in [0.1, 0.15) is 38.1 Å². The van der Waals surface area contributed by atoms with Gasteiger partial charge >= 0.3 is 0 Å². The Kier molecular flexibility index (Phi) is 5.59. The number of rotatable bonds is 7. The smallest absolute Gasteiger partial charge is 0.0650 e. The topological polar surface area (TPSA) is 52.5 Å². The van der Waals surface area contributed by atoms with Crippen molar-refractivity contribution in [1.82, 2.24) is 5.32 Å². The molecule has 3 N–H and O–H groups in total. The van der Waals surface area contributed by atoms with Gasteiger partial charge in [0.25, 0.3) is 0 Å². The van der Waals surface area contributed by atoms with Crippen LogP contribution in [0.5, 0.6) is 0 Å². The van der Waals surface area contributed by atoms with Crippen LogP contribution in [0.2, 0.25) is 0 Å². The molecule has 1 aromatic rings. The Labute approximate surface area is 107 Å². The highest BCUT2D eigenvalue weighted by atomic mass is 32.1. The average Bonchev–Trinajstić information content (AvgIpc) is 2.85. The fourth-order valence-corrected chi connectivity index (χ4v) is 2.78. The van der Waals surface area contributed by atoms with Crippen LogP contribution in [0.4, 0.5) is 0 Å². The first-order valence-electron chi connectivity index (χ1n) is 6.11. The zero-order valence-electron chi connectivity index (χ0n) is 10.8. The van der Waals surface area contributed by atoms with Gasteiger partial charge in [-0.1, -0.05) is 26.8 Å². The summed E-state index contributed by atoms with van der Waals surface area (Å²) in [5.74, 6) is 0.415. The lowest BCUT2D eigenvalue weighted by Crippen LogP contribution is -2.53. The zero-order chi connectivity index (χ0) is 12.9. The molecule has 0 aliphatic carbocycles. The van der Waals surface area contributed by atoms with Gasteiger partial charge in [-0.15, -0.1) is 11.3 Å². The van der Waals surface area contributed by atoms with Gasteiger partial charge in [0.05, 0.1) is 18.8 Å². The monoisotopic (exact) mass is 257 g/mol. The summed E-state index contributed by atoms with van der Waals surface area (Å²) < 4.78 is 0. The minimum Gasteiger partial charge on any atom is -0.394 e. The highest BCUT2D eigenvalue weighted by molar-refractivity contribution is 7.10. The molecule has 4 heteroatoms. The SMILES string of the molecule is CCC(CO)(CO)NC(c1cccs1)C(C)C. The van der Waals surface area contributed by atoms with Crippen molar-refractivity contribution in [2.75, 3.05) is 13.2 Å². The molecule has 1 unspecified atom stereocenters. The first-order chi connectivity index (χ1) is 8.08. The summed E-state index contributed by atoms with van der Waals surface area (Å²) in [5, 5.41) is 24.5. The second-order valence-electron chi connectivity index (χ2n) is 4.83. The van der Waals surface area contributed by atoms with E-state index in [0.717, 1.165) is 0 Å². The van der Waals surface area contributed by atoms with Crippen LogP contribution in [0.25, 0.3) is 0 Å². The molecule has 0 radical (unpaired) electrons. The molecule has 1 rings (SSSR count). The lowest BCUT2D eigenvalue weighted by atomic mass is 9.93. The largest absolute Gasteiger partial charge is 0.394 e. The molecule has 98 valence electrons. The van der Waals surface area contributed by atoms with Crippen molar-refractivity contribution >= 4 is 11.3 Å². The summed E-state index contributed by atoms with van der Waals surface area (Å²) in [6.45, 7) is 6.17. The summed E-state index contributed by atoms with van der Waals surface area (Å²) in [6.07, 6.45) is 0.703. The molecule has 0 saturated carbocycles. The third kappa shape index (κ3) is 3.52. The molecule has 0 fully saturated rings. The Hall–Kier alpha value is -0.420. The molecule has 1 heterocycles. The van der Waals surface area contributed by atoms with Crippen molar-refractivity contribution in [2.45, 2.75) is 38.8 Å². The molecule has 0 aliphatic heterocycles. The van der Waals surface area contributed by atoms with E-state index < -0.39 is 5.54 Å². The summed E-state index contributed by atoms with van der Waals surface area (Å²) in [4.78, 5) is 1.25. The number of nitrogens with one attached hydrogen (secondary N) is 1. The number of hydrogen-bond acceptors (Lipinski definition) is 4. The first kappa shape index (κ1) is 14.6. The Morgan fingerprint density at radius 1 is 1.35 bits per heavy atom. The van der Waals surface area contributed by atoms with Gasteiger partial charge in [-0.2, -0.15) is 0 Å². The van der Waals surface area contributed by atoms with E-state index in [1.165, 1.54) is 4.88 Å². The third-order valence-corrected chi connectivity index (χ3v) is 4.22. The Morgan fingerprint density at radius 3 is 2.35 bits per heavy atom. The highest BCUT2D eigenvalue weighted by Crippen LogP contribution is 2.28. The molecule has 17 heavy (non-hydrogen) atoms. The molecule has 3 nitrogen and oxygen atoms in total. The van der Waals surface area contributed by atoms with Crippen LogP contribution in [0.15, 0.2) is 17.5 Å². The molecule has 0 spiro atoms. The van der Waals surface area contributed by atoms with E-state index in [9.17, 15) is 10.2 Å². The third-order valence-electron chi connectivity index (χ3n) is 3.26. The Bertz CT molecular complexity index is 299. The van der Waals surface area contributed by atoms with Gasteiger partial charge in [0, 0.05) is 10.9 Å². The van der Waals surface area contributed by atoms with E-state index in [4.69, 9.17) is 0 Å². The molecule has 1 aromatic heterocycles. The maximum Gasteiger partial charge on any atom is 0.0650 e. The summed E-state index contributed by atoms with van der Waals surface area (Å²) in [7, 11) is 0. The molecular formula is C13H23NO2S. The highest BCUT2D eigenvalue weighted by Gasteiger charge is 2.31. The predicted molar refractivity (Wildman–Crippen MR) is 72.2 cm³/mol. The van der Waals surface area contributed by atoms with Gasteiger partial charge in [-0.25, -0.2) is 0 Å². The minimum absolute atomic E-state index is 0.0470. The Morgan fingerprint density at radius 2 is 2.00 bits per heavy atom. The quantitative estimate of drug-likeness (QED) is 0.701. The maximum atomic E-state index is 9.49. The summed E-state index contributed by atoms with van der Waals surface area (Å²) >= 11 is 1.71. The lowest BCUT2D eigenvalue weighted by Gasteiger charge is -2.36. The second kappa shape index (κ2) is 6.50. The van der Waals surface area contributed by atoms with E-state index in [-0.39, 0.29) is 19.3 Å². The molecule has 0 saturated heterocycles. The van der Waals surface area contributed by atoms with Gasteiger partial charge in [0.2, 0.25) is 0 Å². The van der Waals surface area contributed by atoms with Gasteiger partial charge in [-0.3, -0.25) is 5.32 Å². The molecule has 0 amide bonds. The van der Waals surface area contributed by atoms with Gasteiger partial charge in [0.1, 0.15) is 0 Å². The minimum atomic E-state index is -0.584. The number of aliphatic hydroxyl groups is 2. The lowest BCUT2D eigenvalue weighted by molar-refractivity contribution is 0.0719. The van der Waals surface area contributed by atoms with E-state index in [1.807, 2.05) is 13.0 Å². The van der Waals surface area contributed by atoms with Crippen molar-refractivity contribution in [2.24, 2.45) is 5.92 Å². The Balaban J connectivity index is 2.86. The molecular weight excluding hydrogens is 234 g/mol. The van der Waals surface area contributed by atoms with Crippen molar-refractivity contribution in [3.8, 4) is 0 Å². The van der Waals surface area contributed by atoms with Gasteiger partial charge in [0.15, 0.2) is 0 Å². The van der Waals surface area contributed by atoms with Crippen LogP contribution in [-0.2, 0) is 0 Å². The maximum absolute atomic E-state index is 9.49. The van der Waals surface area contributed by atoms with Crippen molar-refractivity contribution < 1.29 is 10.2 Å². The number of aliphatic hydroxyl groups excluding tert-OH is 2. The number of thiophene rings is 1. The van der Waals surface area contributed by atoms with Gasteiger partial charge in [-0.05, 0) is 23.8 Å². The predicted octanol–water partition coefficient (Wildman–Crippen LogP) is 2.17. The molecule has 0 aliphatic rings. The number of hydrogen-bond donors (Lipinski definition) is 3. The standard InChI is InChI=1S/C13H23NO2S/c1-4-13(8-15,9-16)14-12(10(2)3)11-6-5-7-17-11/h5-7,10,12,14-16H,4,8-9H2,1-3H3. The first-order valence-corrected chi connectivity index (χ1v) is 6.99. The fraction of sp³-hybridized carbons (Fsp3) is 0.692. The summed E-state index contributed by atoms with van der Waals surface area (Å²) in [6, 6.07) is 4.30. The van der Waals surface area contributed by atoms with Crippen molar-refractivity contribution in [1.29, 1.82) is 0 Å². The normalized spacial score (nSPS) is 14.2. The molecule has 1 atom stereocenters. The fourth-order valence-electron chi connectivity index (χ4n) is 1.83. The van der Waals surface area contributed by atoms with E-state index >= 15 is 0 Å².